The molecule has 0 atom stereocenters. The lowest BCUT2D eigenvalue weighted by atomic mass is 10.1. The Morgan fingerprint density at radius 2 is 0.433 bits per heavy atom. The molecule has 0 fully saturated rings. The molecule has 6 rings (SSSR count). The Bertz CT molecular complexity index is 1940. The first-order chi connectivity index (χ1) is 29.2. The van der Waals surface area contributed by atoms with Gasteiger partial charge in [0.25, 0.3) is 0 Å². The van der Waals surface area contributed by atoms with Crippen molar-refractivity contribution in [3.63, 3.8) is 0 Å². The molecule has 6 heteroatoms. The Labute approximate surface area is 350 Å². The van der Waals surface area contributed by atoms with Gasteiger partial charge in [0.15, 0.2) is 23.2 Å². The summed E-state index contributed by atoms with van der Waals surface area (Å²) in [7, 11) is 0. The number of allylic oxidation sites excluding steroid dienone is 7. The molecule has 0 aliphatic carbocycles. The summed E-state index contributed by atoms with van der Waals surface area (Å²) in [6, 6.07) is 58.7. The van der Waals surface area contributed by atoms with Crippen molar-refractivity contribution in [1.82, 2.24) is 0 Å². The summed E-state index contributed by atoms with van der Waals surface area (Å²) in [5, 5.41) is 0. The van der Waals surface area contributed by atoms with Crippen LogP contribution in [0.2, 0.25) is 0 Å². The quantitative estimate of drug-likeness (QED) is 0.116. The molecule has 0 aliphatic rings. The number of hydrogen-bond donors (Lipinski definition) is 0. The standard InChI is InChI=1S/3C17H14O.C3H3F3/c3*18-17(13-11-15-7-3-1-4-8-15)14-12-16-9-5-2-6-10-16;1-2(4)3(5)6/h3*1-14H;1H3. The van der Waals surface area contributed by atoms with Crippen LogP contribution in [-0.4, -0.2) is 17.3 Å². The van der Waals surface area contributed by atoms with Gasteiger partial charge in [-0.15, -0.1) is 0 Å². The molecule has 0 amide bonds. The van der Waals surface area contributed by atoms with Gasteiger partial charge in [-0.3, -0.25) is 14.4 Å². The highest BCUT2D eigenvalue weighted by molar-refractivity contribution is 6.05. The van der Waals surface area contributed by atoms with Crippen LogP contribution in [0.4, 0.5) is 13.2 Å². The molecule has 6 aromatic carbocycles. The van der Waals surface area contributed by atoms with E-state index in [4.69, 9.17) is 0 Å². The van der Waals surface area contributed by atoms with Gasteiger partial charge < -0.3 is 0 Å². The first-order valence-corrected chi connectivity index (χ1v) is 18.9. The normalized spacial score (nSPS) is 10.8. The minimum atomic E-state index is -2.24. The number of carbonyl (C=O) groups is 3. The fourth-order valence-corrected chi connectivity index (χ4v) is 4.62. The highest BCUT2D eigenvalue weighted by Gasteiger charge is 1.94. The maximum Gasteiger partial charge on any atom is 0.301 e. The maximum atomic E-state index is 11.6. The number of ketones is 3. The van der Waals surface area contributed by atoms with Crippen molar-refractivity contribution < 1.29 is 27.6 Å². The second kappa shape index (κ2) is 28.7. The molecule has 0 heterocycles. The zero-order valence-electron chi connectivity index (χ0n) is 33.1. The zero-order valence-corrected chi connectivity index (χ0v) is 33.1. The van der Waals surface area contributed by atoms with Crippen molar-refractivity contribution in [3.05, 3.63) is 264 Å². The van der Waals surface area contributed by atoms with Gasteiger partial charge in [0.2, 0.25) is 0 Å². The molecule has 0 unspecified atom stereocenters. The van der Waals surface area contributed by atoms with Crippen molar-refractivity contribution in [2.24, 2.45) is 0 Å². The van der Waals surface area contributed by atoms with Gasteiger partial charge in [0.05, 0.1) is 0 Å². The van der Waals surface area contributed by atoms with Crippen LogP contribution in [0.1, 0.15) is 40.3 Å². The molecule has 0 saturated carbocycles. The van der Waals surface area contributed by atoms with Gasteiger partial charge in [0, 0.05) is 0 Å². The molecule has 0 aromatic heterocycles. The fourth-order valence-electron chi connectivity index (χ4n) is 4.62. The third-order valence-corrected chi connectivity index (χ3v) is 7.70. The summed E-state index contributed by atoms with van der Waals surface area (Å²) in [6.07, 6.45) is 18.1. The van der Waals surface area contributed by atoms with Crippen molar-refractivity contribution in [2.45, 2.75) is 6.92 Å². The van der Waals surface area contributed by atoms with E-state index in [0.717, 1.165) is 33.4 Å². The summed E-state index contributed by atoms with van der Waals surface area (Å²) in [4.78, 5) is 34.8. The van der Waals surface area contributed by atoms with Crippen LogP contribution in [0.25, 0.3) is 36.5 Å². The van der Waals surface area contributed by atoms with Gasteiger partial charge in [-0.1, -0.05) is 218 Å². The Morgan fingerprint density at radius 3 is 0.550 bits per heavy atom. The lowest BCUT2D eigenvalue weighted by Crippen LogP contribution is -1.84. The first-order valence-electron chi connectivity index (χ1n) is 18.9. The Hall–Kier alpha value is -7.70. The topological polar surface area (TPSA) is 51.2 Å². The second-order valence-corrected chi connectivity index (χ2v) is 12.5. The minimum Gasteiger partial charge on any atom is -0.290 e. The number of halogens is 3. The van der Waals surface area contributed by atoms with E-state index in [2.05, 4.69) is 0 Å². The van der Waals surface area contributed by atoms with E-state index in [1.807, 2.05) is 218 Å². The molecule has 300 valence electrons. The predicted molar refractivity (Wildman–Crippen MR) is 244 cm³/mol. The van der Waals surface area contributed by atoms with Gasteiger partial charge in [0.1, 0.15) is 0 Å². The van der Waals surface area contributed by atoms with Crippen LogP contribution in [0.3, 0.4) is 0 Å². The highest BCUT2D eigenvalue weighted by atomic mass is 19.3. The fraction of sp³-hybridized carbons (Fsp3) is 0.0185. The zero-order chi connectivity index (χ0) is 43.0. The van der Waals surface area contributed by atoms with Crippen LogP contribution in [0.15, 0.2) is 230 Å². The number of hydrogen-bond acceptors (Lipinski definition) is 3. The molecule has 0 aliphatic heterocycles. The number of rotatable bonds is 12. The predicted octanol–water partition coefficient (Wildman–Crippen LogP) is 14.0. The van der Waals surface area contributed by atoms with E-state index in [0.29, 0.717) is 6.92 Å². The molecule has 60 heavy (non-hydrogen) atoms. The van der Waals surface area contributed by atoms with E-state index in [1.54, 1.807) is 36.5 Å². The van der Waals surface area contributed by atoms with E-state index in [-0.39, 0.29) is 17.3 Å². The van der Waals surface area contributed by atoms with E-state index in [9.17, 15) is 27.6 Å². The smallest absolute Gasteiger partial charge is 0.290 e. The Balaban J connectivity index is 0.000000225. The molecular weight excluding hydrogens is 754 g/mol. The summed E-state index contributed by atoms with van der Waals surface area (Å²) in [6.45, 7) is 0.704. The van der Waals surface area contributed by atoms with Crippen molar-refractivity contribution in [2.75, 3.05) is 0 Å². The highest BCUT2D eigenvalue weighted by Crippen LogP contribution is 2.07. The van der Waals surface area contributed by atoms with E-state index in [1.165, 1.54) is 0 Å². The monoisotopic (exact) mass is 798 g/mol. The van der Waals surface area contributed by atoms with Crippen LogP contribution in [-0.2, 0) is 14.4 Å². The largest absolute Gasteiger partial charge is 0.301 e. The van der Waals surface area contributed by atoms with Crippen molar-refractivity contribution >= 4 is 53.8 Å². The SMILES string of the molecule is CC(F)=C(F)F.O=C(C=Cc1ccccc1)C=Cc1ccccc1.O=C(C=Cc1ccccc1)C=Cc1ccccc1.O=C(C=Cc1ccccc1)C=Cc1ccccc1. The van der Waals surface area contributed by atoms with Gasteiger partial charge in [-0.05, 0) is 76.8 Å². The summed E-state index contributed by atoms with van der Waals surface area (Å²) >= 11 is 0. The Kier molecular flexibility index (Phi) is 22.3. The lowest BCUT2D eigenvalue weighted by molar-refractivity contribution is -0.111. The molecule has 0 N–H and O–H groups in total. The molecule has 6 aromatic rings. The van der Waals surface area contributed by atoms with Gasteiger partial charge >= 0.3 is 6.08 Å². The number of carbonyl (C=O) groups excluding carboxylic acids is 3. The molecular formula is C54H45F3O3. The second-order valence-electron chi connectivity index (χ2n) is 12.5. The third-order valence-electron chi connectivity index (χ3n) is 7.70. The van der Waals surface area contributed by atoms with Crippen LogP contribution < -0.4 is 0 Å². The Morgan fingerprint density at radius 1 is 0.300 bits per heavy atom. The molecule has 0 bridgehead atoms. The van der Waals surface area contributed by atoms with Crippen molar-refractivity contribution in [1.29, 1.82) is 0 Å². The van der Waals surface area contributed by atoms with Crippen LogP contribution in [0, 0.1) is 0 Å². The van der Waals surface area contributed by atoms with E-state index < -0.39 is 11.9 Å². The average Bonchev–Trinajstić information content (AvgIpc) is 3.30. The molecule has 3 nitrogen and oxygen atoms in total. The average molecular weight is 799 g/mol. The third kappa shape index (κ3) is 22.1. The number of benzene rings is 6. The maximum absolute atomic E-state index is 11.6. The van der Waals surface area contributed by atoms with Crippen LogP contribution in [0.5, 0.6) is 0 Å². The summed E-state index contributed by atoms with van der Waals surface area (Å²) < 4.78 is 32.3. The van der Waals surface area contributed by atoms with Gasteiger partial charge in [-0.25, -0.2) is 4.39 Å². The molecule has 0 radical (unpaired) electrons. The summed E-state index contributed by atoms with van der Waals surface area (Å²) in [5.41, 5.74) is 6.16. The lowest BCUT2D eigenvalue weighted by Gasteiger charge is -1.91. The van der Waals surface area contributed by atoms with Crippen molar-refractivity contribution in [3.8, 4) is 0 Å². The first kappa shape index (κ1) is 46.7. The van der Waals surface area contributed by atoms with Crippen LogP contribution >= 0.6 is 0 Å². The minimum absolute atomic E-state index is 0.0114. The van der Waals surface area contributed by atoms with E-state index >= 15 is 0 Å². The van der Waals surface area contributed by atoms with Gasteiger partial charge in [-0.2, -0.15) is 8.78 Å². The molecule has 0 spiro atoms. The molecule has 0 saturated heterocycles. The summed E-state index contributed by atoms with van der Waals surface area (Å²) in [5.74, 6) is -1.44.